The van der Waals surface area contributed by atoms with Crippen LogP contribution in [0.25, 0.3) is 16.2 Å². The molecule has 5 heterocycles. The minimum Gasteiger partial charge on any atom is -0.334 e. The number of halogens is 4. The van der Waals surface area contributed by atoms with Crippen LogP contribution in [0, 0.1) is 0 Å². The van der Waals surface area contributed by atoms with Crippen molar-refractivity contribution in [3.63, 3.8) is 0 Å². The number of hydrogen-bond acceptors (Lipinski definition) is 6. The summed E-state index contributed by atoms with van der Waals surface area (Å²) in [5, 5.41) is 7.92. The summed E-state index contributed by atoms with van der Waals surface area (Å²) in [6.07, 6.45) is 3.89. The fourth-order valence-electron chi connectivity index (χ4n) is 5.74. The van der Waals surface area contributed by atoms with Gasteiger partial charge in [0.05, 0.1) is 27.3 Å². The van der Waals surface area contributed by atoms with Crippen molar-refractivity contribution in [2.24, 2.45) is 0 Å². The molecule has 1 saturated heterocycles. The van der Waals surface area contributed by atoms with Crippen LogP contribution < -0.4 is 15.5 Å². The average molecular weight is 599 g/mol. The normalized spacial score (nSPS) is 16.5. The molecule has 3 aromatic heterocycles. The van der Waals surface area contributed by atoms with Crippen molar-refractivity contribution in [2.75, 3.05) is 24.5 Å². The van der Waals surface area contributed by atoms with Crippen LogP contribution >= 0.6 is 23.1 Å². The van der Waals surface area contributed by atoms with Gasteiger partial charge >= 0.3 is 12.2 Å². The van der Waals surface area contributed by atoms with Crippen molar-refractivity contribution in [3.05, 3.63) is 88.1 Å². The Hall–Kier alpha value is -3.54. The van der Waals surface area contributed by atoms with Crippen molar-refractivity contribution in [1.82, 2.24) is 25.0 Å². The highest BCUT2D eigenvalue weighted by Gasteiger charge is 2.47. The molecule has 1 fully saturated rings. The first-order chi connectivity index (χ1) is 19.7. The topological polar surface area (TPSA) is 83.0 Å². The molecule has 212 valence electrons. The maximum atomic E-state index is 13.5. The molecule has 0 saturated carbocycles. The van der Waals surface area contributed by atoms with Crippen molar-refractivity contribution >= 4 is 51.0 Å². The number of carbonyl (C=O) groups is 1. The summed E-state index contributed by atoms with van der Waals surface area (Å²) in [5.41, 5.74) is 3.26. The zero-order chi connectivity index (χ0) is 28.6. The highest BCUT2D eigenvalue weighted by Crippen LogP contribution is 2.50. The van der Waals surface area contributed by atoms with Crippen LogP contribution in [0.5, 0.6) is 0 Å². The van der Waals surface area contributed by atoms with Crippen LogP contribution in [0.4, 0.5) is 23.7 Å². The highest BCUT2D eigenvalue weighted by molar-refractivity contribution is 7.13. The molecule has 0 aliphatic carbocycles. The van der Waals surface area contributed by atoms with Gasteiger partial charge in [-0.15, -0.1) is 0 Å². The van der Waals surface area contributed by atoms with Crippen LogP contribution in [0.15, 0.2) is 54.9 Å². The van der Waals surface area contributed by atoms with Gasteiger partial charge in [0, 0.05) is 42.7 Å². The monoisotopic (exact) mass is 598 g/mol. The van der Waals surface area contributed by atoms with Crippen molar-refractivity contribution in [3.8, 4) is 0 Å². The number of hydrogen-bond donors (Lipinski definition) is 2. The summed E-state index contributed by atoms with van der Waals surface area (Å²) in [6, 6.07) is 9.79. The van der Waals surface area contributed by atoms with Gasteiger partial charge in [0.15, 0.2) is 0 Å². The lowest BCUT2D eigenvalue weighted by Crippen LogP contribution is -2.46. The Bertz CT molecular complexity index is 1620. The lowest BCUT2D eigenvalue weighted by atomic mass is 9.73. The van der Waals surface area contributed by atoms with E-state index in [-0.39, 0.29) is 11.4 Å². The molecule has 7 nitrogen and oxygen atoms in total. The number of carbonyl (C=O) groups excluding carboxylic acids is 1. The molecule has 4 aromatic rings. The van der Waals surface area contributed by atoms with Crippen molar-refractivity contribution in [1.29, 1.82) is 0 Å². The maximum Gasteiger partial charge on any atom is 0.417 e. The number of nitrogens with zero attached hydrogens (tertiary/aromatic N) is 4. The molecule has 0 unspecified atom stereocenters. The third-order valence-electron chi connectivity index (χ3n) is 7.72. The second-order valence-corrected chi connectivity index (χ2v) is 11.5. The van der Waals surface area contributed by atoms with E-state index in [1.807, 2.05) is 29.2 Å². The molecule has 2 amide bonds. The lowest BCUT2D eigenvalue weighted by molar-refractivity contribution is -0.137. The minimum absolute atomic E-state index is 0.174. The number of allylic oxidation sites excluding steroid dienone is 1. The molecule has 0 atom stereocenters. The van der Waals surface area contributed by atoms with Gasteiger partial charge in [0.1, 0.15) is 5.15 Å². The summed E-state index contributed by atoms with van der Waals surface area (Å²) in [5.74, 6) is 0. The SMILES string of the molecule is O=C(NCc1ccnc(Cl)c1)N1CC2(CCNCC2)c2c1ccc1snc(CC=Cc3ccc(C(F)(F)F)cn3)c21. The highest BCUT2D eigenvalue weighted by atomic mass is 35.5. The maximum absolute atomic E-state index is 13.5. The van der Waals surface area contributed by atoms with E-state index in [1.54, 1.807) is 18.3 Å². The Morgan fingerprint density at radius 1 is 1.17 bits per heavy atom. The number of alkyl halides is 3. The molecule has 2 aliphatic rings. The van der Waals surface area contributed by atoms with Crippen LogP contribution in [-0.2, 0) is 24.6 Å². The number of aromatic nitrogens is 3. The van der Waals surface area contributed by atoms with Gasteiger partial charge in [0.2, 0.25) is 0 Å². The minimum atomic E-state index is -4.42. The first-order valence-electron chi connectivity index (χ1n) is 13.2. The molecule has 12 heteroatoms. The molecule has 2 N–H and O–H groups in total. The van der Waals surface area contributed by atoms with E-state index in [4.69, 9.17) is 16.0 Å². The van der Waals surface area contributed by atoms with E-state index in [1.165, 1.54) is 17.6 Å². The molecule has 6 rings (SSSR count). The number of urea groups is 1. The zero-order valence-corrected chi connectivity index (χ0v) is 23.4. The quantitative estimate of drug-likeness (QED) is 0.261. The Morgan fingerprint density at radius 3 is 2.73 bits per heavy atom. The fraction of sp³-hybridized carbons (Fsp3) is 0.310. The van der Waals surface area contributed by atoms with Gasteiger partial charge in [-0.25, -0.2) is 9.78 Å². The second-order valence-electron chi connectivity index (χ2n) is 10.3. The third-order valence-corrected chi connectivity index (χ3v) is 8.78. The molecular weight excluding hydrogens is 573 g/mol. The molecule has 41 heavy (non-hydrogen) atoms. The van der Waals surface area contributed by atoms with E-state index in [0.29, 0.717) is 30.4 Å². The third kappa shape index (κ3) is 5.53. The van der Waals surface area contributed by atoms with E-state index in [2.05, 4.69) is 20.6 Å². The first kappa shape index (κ1) is 27.6. The fourth-order valence-corrected chi connectivity index (χ4v) is 6.75. The number of anilines is 1. The van der Waals surface area contributed by atoms with Gasteiger partial charge in [-0.1, -0.05) is 17.7 Å². The van der Waals surface area contributed by atoms with Gasteiger partial charge < -0.3 is 10.6 Å². The van der Waals surface area contributed by atoms with E-state index < -0.39 is 11.7 Å². The van der Waals surface area contributed by atoms with Crippen LogP contribution in [0.3, 0.4) is 0 Å². The molecule has 2 aliphatic heterocycles. The molecular formula is C29H26ClF3N6OS. The lowest BCUT2D eigenvalue weighted by Gasteiger charge is -2.35. The van der Waals surface area contributed by atoms with Gasteiger partial charge in [-0.2, -0.15) is 17.5 Å². The second kappa shape index (κ2) is 11.0. The summed E-state index contributed by atoms with van der Waals surface area (Å²) >= 11 is 7.43. The predicted octanol–water partition coefficient (Wildman–Crippen LogP) is 6.37. The number of pyridine rings is 2. The molecule has 1 aromatic carbocycles. The zero-order valence-electron chi connectivity index (χ0n) is 21.8. The summed E-state index contributed by atoms with van der Waals surface area (Å²) in [4.78, 5) is 23.3. The number of amides is 2. The Balaban J connectivity index is 1.29. The van der Waals surface area contributed by atoms with Gasteiger partial charge in [-0.05, 0) is 91.1 Å². The van der Waals surface area contributed by atoms with Crippen molar-refractivity contribution < 1.29 is 18.0 Å². The average Bonchev–Trinajstić information content (AvgIpc) is 3.51. The standard InChI is InChI=1S/C29H26ClF3N6OS/c30-24-14-18(8-11-35-24)15-37-27(40)39-17-28(9-12-34-13-10-28)26-22(39)6-7-23-25(26)21(38-41-23)3-1-2-20-5-4-19(16-36-20)29(31,32)33/h1-2,4-8,11,14,16,34H,3,9-10,12-13,15,17H2,(H,37,40). The number of fused-ring (bicyclic) bond motifs is 4. The molecule has 1 spiro atoms. The summed E-state index contributed by atoms with van der Waals surface area (Å²) in [6.45, 7) is 2.62. The smallest absolute Gasteiger partial charge is 0.334 e. The number of rotatable bonds is 5. The van der Waals surface area contributed by atoms with Crippen LogP contribution in [0.1, 0.15) is 40.9 Å². The summed E-state index contributed by atoms with van der Waals surface area (Å²) in [7, 11) is 0. The van der Waals surface area contributed by atoms with E-state index in [0.717, 1.165) is 70.8 Å². The van der Waals surface area contributed by atoms with Crippen LogP contribution in [-0.4, -0.2) is 40.0 Å². The predicted molar refractivity (Wildman–Crippen MR) is 154 cm³/mol. The number of benzene rings is 1. The Labute approximate surface area is 243 Å². The number of nitrogens with one attached hydrogen (secondary N) is 2. The van der Waals surface area contributed by atoms with Gasteiger partial charge in [-0.3, -0.25) is 9.88 Å². The Kier molecular flexibility index (Phi) is 7.43. The Morgan fingerprint density at radius 2 is 2.00 bits per heavy atom. The molecule has 0 radical (unpaired) electrons. The van der Waals surface area contributed by atoms with Gasteiger partial charge in [0.25, 0.3) is 0 Å². The van der Waals surface area contributed by atoms with Crippen LogP contribution in [0.2, 0.25) is 5.15 Å². The first-order valence-corrected chi connectivity index (χ1v) is 14.4. The van der Waals surface area contributed by atoms with E-state index >= 15 is 0 Å². The molecule has 0 bridgehead atoms. The number of piperidine rings is 1. The largest absolute Gasteiger partial charge is 0.417 e. The summed E-state index contributed by atoms with van der Waals surface area (Å²) < 4.78 is 44.4. The van der Waals surface area contributed by atoms with E-state index in [9.17, 15) is 18.0 Å². The van der Waals surface area contributed by atoms with Crippen molar-refractivity contribution in [2.45, 2.75) is 37.4 Å².